The minimum absolute atomic E-state index is 0.106. The van der Waals surface area contributed by atoms with Gasteiger partial charge < -0.3 is 15.3 Å². The quantitative estimate of drug-likeness (QED) is 0.874. The van der Waals surface area contributed by atoms with E-state index in [0.29, 0.717) is 12.1 Å². The molecule has 0 bridgehead atoms. The summed E-state index contributed by atoms with van der Waals surface area (Å²) in [4.78, 5) is 14.2. The number of carbonyl (C=O) groups excluding carboxylic acids is 1. The summed E-state index contributed by atoms with van der Waals surface area (Å²) in [6.45, 7) is 1.22. The second-order valence-corrected chi connectivity index (χ2v) is 6.40. The number of rotatable bonds is 5. The molecule has 1 aliphatic carbocycles. The zero-order valence-corrected chi connectivity index (χ0v) is 13.1. The Bertz CT molecular complexity index is 462. The van der Waals surface area contributed by atoms with E-state index in [2.05, 4.69) is 10.2 Å². The monoisotopic (exact) mass is 290 g/mol. The van der Waals surface area contributed by atoms with E-state index >= 15 is 0 Å². The van der Waals surface area contributed by atoms with Crippen molar-refractivity contribution in [3.63, 3.8) is 0 Å². The molecule has 0 atom stereocenters. The number of aliphatic hydroxyl groups is 1. The Morgan fingerprint density at radius 1 is 1.19 bits per heavy atom. The summed E-state index contributed by atoms with van der Waals surface area (Å²) in [6, 6.07) is 7.65. The largest absolute Gasteiger partial charge is 0.388 e. The van der Waals surface area contributed by atoms with Crippen molar-refractivity contribution in [1.82, 2.24) is 10.2 Å². The van der Waals surface area contributed by atoms with Crippen molar-refractivity contribution < 1.29 is 9.90 Å². The molecule has 2 rings (SSSR count). The molecule has 0 aliphatic heterocycles. The number of amides is 1. The molecule has 1 aromatic rings. The van der Waals surface area contributed by atoms with Crippen LogP contribution in [-0.4, -0.2) is 42.2 Å². The van der Waals surface area contributed by atoms with Crippen LogP contribution >= 0.6 is 0 Å². The fourth-order valence-corrected chi connectivity index (χ4v) is 2.86. The fraction of sp³-hybridized carbons (Fsp3) is 0.588. The lowest BCUT2D eigenvalue weighted by Crippen LogP contribution is -2.44. The van der Waals surface area contributed by atoms with Gasteiger partial charge in [0.1, 0.15) is 0 Å². The van der Waals surface area contributed by atoms with Crippen LogP contribution in [0.4, 0.5) is 0 Å². The molecule has 0 aromatic heterocycles. The van der Waals surface area contributed by atoms with Gasteiger partial charge in [-0.05, 0) is 44.6 Å². The third-order valence-electron chi connectivity index (χ3n) is 4.08. The Morgan fingerprint density at radius 2 is 1.81 bits per heavy atom. The van der Waals surface area contributed by atoms with Crippen LogP contribution in [0.15, 0.2) is 24.3 Å². The standard InChI is InChI=1S/C17H26N2O2/c1-19(2)12-14-6-8-15(9-7-14)16(20)18-13-17(21)10-4-3-5-11-17/h6-9,21H,3-5,10-13H2,1-2H3,(H,18,20). The van der Waals surface area contributed by atoms with E-state index < -0.39 is 5.60 Å². The highest BCUT2D eigenvalue weighted by atomic mass is 16.3. The molecule has 1 aliphatic rings. The topological polar surface area (TPSA) is 52.6 Å². The Labute approximate surface area is 127 Å². The number of nitrogens with one attached hydrogen (secondary N) is 1. The van der Waals surface area contributed by atoms with Gasteiger partial charge in [-0.3, -0.25) is 4.79 Å². The van der Waals surface area contributed by atoms with E-state index in [-0.39, 0.29) is 5.91 Å². The van der Waals surface area contributed by atoms with Crippen molar-refractivity contribution in [3.05, 3.63) is 35.4 Å². The highest BCUT2D eigenvalue weighted by Crippen LogP contribution is 2.27. The van der Waals surface area contributed by atoms with E-state index in [1.165, 1.54) is 12.0 Å². The van der Waals surface area contributed by atoms with Gasteiger partial charge in [-0.15, -0.1) is 0 Å². The summed E-state index contributed by atoms with van der Waals surface area (Å²) < 4.78 is 0. The Kier molecular flexibility index (Phi) is 5.37. The van der Waals surface area contributed by atoms with Gasteiger partial charge >= 0.3 is 0 Å². The molecule has 4 nitrogen and oxygen atoms in total. The van der Waals surface area contributed by atoms with Gasteiger partial charge in [-0.2, -0.15) is 0 Å². The highest BCUT2D eigenvalue weighted by Gasteiger charge is 2.29. The van der Waals surface area contributed by atoms with Crippen molar-refractivity contribution >= 4 is 5.91 Å². The van der Waals surface area contributed by atoms with Gasteiger partial charge in [0.2, 0.25) is 0 Å². The first kappa shape index (κ1) is 16.0. The van der Waals surface area contributed by atoms with E-state index in [1.807, 2.05) is 38.4 Å². The predicted molar refractivity (Wildman–Crippen MR) is 84.2 cm³/mol. The zero-order chi connectivity index (χ0) is 15.3. The number of benzene rings is 1. The molecular weight excluding hydrogens is 264 g/mol. The molecule has 1 aromatic carbocycles. The van der Waals surface area contributed by atoms with Crippen molar-refractivity contribution in [2.45, 2.75) is 44.2 Å². The van der Waals surface area contributed by atoms with Crippen LogP contribution in [0.25, 0.3) is 0 Å². The van der Waals surface area contributed by atoms with Crippen LogP contribution in [0, 0.1) is 0 Å². The molecule has 2 N–H and O–H groups in total. The van der Waals surface area contributed by atoms with Crippen molar-refractivity contribution in [2.75, 3.05) is 20.6 Å². The SMILES string of the molecule is CN(C)Cc1ccc(C(=O)NCC2(O)CCCCC2)cc1. The molecule has 0 spiro atoms. The van der Waals surface area contributed by atoms with Crippen LogP contribution < -0.4 is 5.32 Å². The van der Waals surface area contributed by atoms with E-state index in [1.54, 1.807) is 0 Å². The van der Waals surface area contributed by atoms with Gasteiger partial charge in [0.15, 0.2) is 0 Å². The lowest BCUT2D eigenvalue weighted by molar-refractivity contribution is 0.00525. The van der Waals surface area contributed by atoms with Crippen LogP contribution in [0.2, 0.25) is 0 Å². The van der Waals surface area contributed by atoms with Crippen molar-refractivity contribution in [3.8, 4) is 0 Å². The summed E-state index contributed by atoms with van der Waals surface area (Å²) in [6.07, 6.45) is 4.85. The molecule has 1 amide bonds. The number of hydrogen-bond acceptors (Lipinski definition) is 3. The molecule has 116 valence electrons. The van der Waals surface area contributed by atoms with Crippen molar-refractivity contribution in [2.24, 2.45) is 0 Å². The number of nitrogens with zero attached hydrogens (tertiary/aromatic N) is 1. The van der Waals surface area contributed by atoms with Crippen LogP contribution in [0.3, 0.4) is 0 Å². The third kappa shape index (κ3) is 4.83. The van der Waals surface area contributed by atoms with Crippen molar-refractivity contribution in [1.29, 1.82) is 0 Å². The molecule has 21 heavy (non-hydrogen) atoms. The van der Waals surface area contributed by atoms with E-state index in [9.17, 15) is 9.90 Å². The molecule has 0 unspecified atom stereocenters. The second-order valence-electron chi connectivity index (χ2n) is 6.40. The molecular formula is C17H26N2O2. The minimum atomic E-state index is -0.710. The average molecular weight is 290 g/mol. The molecule has 0 radical (unpaired) electrons. The van der Waals surface area contributed by atoms with Crippen LogP contribution in [0.1, 0.15) is 48.0 Å². The first-order valence-electron chi connectivity index (χ1n) is 7.73. The van der Waals surface area contributed by atoms with Gasteiger partial charge in [0.05, 0.1) is 5.60 Å². The molecule has 4 heteroatoms. The van der Waals surface area contributed by atoms with Gasteiger partial charge in [0.25, 0.3) is 5.91 Å². The Hall–Kier alpha value is -1.39. The van der Waals surface area contributed by atoms with Crippen LogP contribution in [0.5, 0.6) is 0 Å². The second kappa shape index (κ2) is 7.05. The molecule has 1 fully saturated rings. The Morgan fingerprint density at radius 3 is 2.38 bits per heavy atom. The summed E-state index contributed by atoms with van der Waals surface area (Å²) in [7, 11) is 4.04. The fourth-order valence-electron chi connectivity index (χ4n) is 2.86. The lowest BCUT2D eigenvalue weighted by atomic mass is 9.85. The third-order valence-corrected chi connectivity index (χ3v) is 4.08. The summed E-state index contributed by atoms with van der Waals surface area (Å²) >= 11 is 0. The lowest BCUT2D eigenvalue weighted by Gasteiger charge is -2.32. The summed E-state index contributed by atoms with van der Waals surface area (Å²) in [5.41, 5.74) is 1.12. The normalized spacial score (nSPS) is 17.7. The highest BCUT2D eigenvalue weighted by molar-refractivity contribution is 5.94. The smallest absolute Gasteiger partial charge is 0.251 e. The number of carbonyl (C=O) groups is 1. The maximum Gasteiger partial charge on any atom is 0.251 e. The first-order valence-corrected chi connectivity index (χ1v) is 7.73. The molecule has 1 saturated carbocycles. The molecule has 0 heterocycles. The first-order chi connectivity index (χ1) is 9.98. The predicted octanol–water partition coefficient (Wildman–Crippen LogP) is 2.17. The van der Waals surface area contributed by atoms with E-state index in [0.717, 1.165) is 32.2 Å². The van der Waals surface area contributed by atoms with Gasteiger partial charge in [0, 0.05) is 18.7 Å². The average Bonchev–Trinajstić information content (AvgIpc) is 2.46. The minimum Gasteiger partial charge on any atom is -0.388 e. The van der Waals surface area contributed by atoms with Gasteiger partial charge in [-0.1, -0.05) is 31.4 Å². The number of hydrogen-bond donors (Lipinski definition) is 2. The van der Waals surface area contributed by atoms with E-state index in [4.69, 9.17) is 0 Å². The van der Waals surface area contributed by atoms with Crippen LogP contribution in [-0.2, 0) is 6.54 Å². The summed E-state index contributed by atoms with van der Waals surface area (Å²) in [5.74, 6) is -0.106. The zero-order valence-electron chi connectivity index (χ0n) is 13.1. The maximum atomic E-state index is 12.1. The van der Waals surface area contributed by atoms with Gasteiger partial charge in [-0.25, -0.2) is 0 Å². The summed E-state index contributed by atoms with van der Waals surface area (Å²) in [5, 5.41) is 13.3. The Balaban J connectivity index is 1.88. The molecule has 0 saturated heterocycles. The maximum absolute atomic E-state index is 12.1.